The molecule has 0 aliphatic carbocycles. The van der Waals surface area contributed by atoms with Crippen LogP contribution >= 0.6 is 0 Å². The van der Waals surface area contributed by atoms with Gasteiger partial charge in [-0.3, -0.25) is 0 Å². The lowest BCUT2D eigenvalue weighted by molar-refractivity contribution is 0.0525. The van der Waals surface area contributed by atoms with Crippen LogP contribution in [-0.2, 0) is 4.74 Å². The second-order valence-electron chi connectivity index (χ2n) is 2.56. The highest BCUT2D eigenvalue weighted by Gasteiger charge is 2.15. The minimum atomic E-state index is -0.403. The van der Waals surface area contributed by atoms with Crippen molar-refractivity contribution in [3.8, 4) is 0 Å². The molecule has 1 heterocycles. The Balaban J connectivity index is 3.05. The van der Waals surface area contributed by atoms with Gasteiger partial charge in [0.15, 0.2) is 0 Å². The third-order valence-corrected chi connectivity index (χ3v) is 1.66. The molecule has 0 unspecified atom stereocenters. The van der Waals surface area contributed by atoms with Crippen molar-refractivity contribution in [2.24, 2.45) is 0 Å². The summed E-state index contributed by atoms with van der Waals surface area (Å²) in [6.07, 6.45) is 3.00. The summed E-state index contributed by atoms with van der Waals surface area (Å²) in [7, 11) is 0. The van der Waals surface area contributed by atoms with E-state index in [2.05, 4.69) is 13.2 Å². The molecule has 1 aromatic heterocycles. The molecule has 3 heteroatoms. The van der Waals surface area contributed by atoms with E-state index in [1.807, 2.05) is 0 Å². The maximum atomic E-state index is 11.4. The van der Waals surface area contributed by atoms with Crippen molar-refractivity contribution < 1.29 is 13.9 Å². The molecule has 1 rings (SSSR count). The molecule has 74 valence electrons. The quantitative estimate of drug-likeness (QED) is 0.688. The van der Waals surface area contributed by atoms with Crippen molar-refractivity contribution in [1.82, 2.24) is 0 Å². The molecular formula is C11H12O3. The molecule has 0 bridgehead atoms. The van der Waals surface area contributed by atoms with Crippen LogP contribution < -0.4 is 0 Å². The van der Waals surface area contributed by atoms with Crippen LogP contribution in [0.1, 0.15) is 28.8 Å². The minimum absolute atomic E-state index is 0.337. The lowest BCUT2D eigenvalue weighted by atomic mass is 10.2. The predicted octanol–water partition coefficient (Wildman–Crippen LogP) is 2.74. The van der Waals surface area contributed by atoms with E-state index in [9.17, 15) is 4.79 Å². The Morgan fingerprint density at radius 1 is 1.57 bits per heavy atom. The normalized spacial score (nSPS) is 9.50. The Morgan fingerprint density at radius 2 is 2.29 bits per heavy atom. The molecule has 0 saturated carbocycles. The number of carbonyl (C=O) groups is 1. The number of esters is 1. The van der Waals surface area contributed by atoms with Gasteiger partial charge >= 0.3 is 5.97 Å². The fourth-order valence-electron chi connectivity index (χ4n) is 1.05. The number of rotatable bonds is 4. The summed E-state index contributed by atoms with van der Waals surface area (Å²) in [5.74, 6) is 0.542. The lowest BCUT2D eigenvalue weighted by Crippen LogP contribution is -2.04. The van der Waals surface area contributed by atoms with Gasteiger partial charge in [0.1, 0.15) is 17.1 Å². The Kier molecular flexibility index (Phi) is 3.29. The van der Waals surface area contributed by atoms with Gasteiger partial charge in [0.25, 0.3) is 0 Å². The van der Waals surface area contributed by atoms with Crippen molar-refractivity contribution in [3.05, 3.63) is 36.3 Å². The van der Waals surface area contributed by atoms with Crippen molar-refractivity contribution in [3.63, 3.8) is 0 Å². The number of hydrogen-bond donors (Lipinski definition) is 0. The maximum absolute atomic E-state index is 11.4. The standard InChI is InChI=1S/C11H12O3/c1-4-8-7-9(10(5-2)14-8)11(12)13-6-3/h4-5,7H,1-2,6H2,3H3. The summed E-state index contributed by atoms with van der Waals surface area (Å²) >= 11 is 0. The van der Waals surface area contributed by atoms with E-state index in [4.69, 9.17) is 9.15 Å². The Labute approximate surface area is 82.7 Å². The Bertz CT molecular complexity index is 361. The molecule has 0 fully saturated rings. The second kappa shape index (κ2) is 4.46. The Hall–Kier alpha value is -1.77. The fourth-order valence-corrected chi connectivity index (χ4v) is 1.05. The zero-order valence-corrected chi connectivity index (χ0v) is 8.08. The van der Waals surface area contributed by atoms with Crippen LogP contribution in [0.3, 0.4) is 0 Å². The smallest absolute Gasteiger partial charge is 0.342 e. The average molecular weight is 192 g/mol. The first-order chi connectivity index (χ1) is 6.72. The average Bonchev–Trinajstić information content (AvgIpc) is 2.61. The molecule has 0 aromatic carbocycles. The van der Waals surface area contributed by atoms with Gasteiger partial charge in [-0.2, -0.15) is 0 Å². The van der Waals surface area contributed by atoms with Gasteiger partial charge in [-0.05, 0) is 25.1 Å². The van der Waals surface area contributed by atoms with Crippen LogP contribution in [0, 0.1) is 0 Å². The van der Waals surface area contributed by atoms with Crippen LogP contribution in [0.25, 0.3) is 12.2 Å². The maximum Gasteiger partial charge on any atom is 0.342 e. The van der Waals surface area contributed by atoms with Crippen LogP contribution in [0.4, 0.5) is 0 Å². The number of furan rings is 1. The molecule has 0 N–H and O–H groups in total. The molecule has 1 aromatic rings. The van der Waals surface area contributed by atoms with E-state index in [0.29, 0.717) is 23.7 Å². The fraction of sp³-hybridized carbons (Fsp3) is 0.182. The van der Waals surface area contributed by atoms with Gasteiger partial charge in [0.2, 0.25) is 0 Å². The van der Waals surface area contributed by atoms with Gasteiger partial charge in [-0.15, -0.1) is 0 Å². The van der Waals surface area contributed by atoms with Gasteiger partial charge in [-0.25, -0.2) is 4.79 Å². The molecule has 0 aliphatic heterocycles. The minimum Gasteiger partial charge on any atom is -0.462 e. The summed E-state index contributed by atoms with van der Waals surface area (Å²) < 4.78 is 10.1. The van der Waals surface area contributed by atoms with Crippen molar-refractivity contribution in [2.75, 3.05) is 6.61 Å². The topological polar surface area (TPSA) is 39.4 Å². The zero-order chi connectivity index (χ0) is 10.6. The van der Waals surface area contributed by atoms with E-state index in [0.717, 1.165) is 0 Å². The van der Waals surface area contributed by atoms with Crippen molar-refractivity contribution >= 4 is 18.1 Å². The van der Waals surface area contributed by atoms with Crippen molar-refractivity contribution in [2.45, 2.75) is 6.92 Å². The first-order valence-electron chi connectivity index (χ1n) is 4.28. The molecule has 0 radical (unpaired) electrons. The summed E-state index contributed by atoms with van der Waals surface area (Å²) in [5.41, 5.74) is 0.386. The molecule has 14 heavy (non-hydrogen) atoms. The number of carbonyl (C=O) groups excluding carboxylic acids is 1. The summed E-state index contributed by atoms with van der Waals surface area (Å²) in [4.78, 5) is 11.4. The number of ether oxygens (including phenoxy) is 1. The third-order valence-electron chi connectivity index (χ3n) is 1.66. The van der Waals surface area contributed by atoms with Gasteiger partial charge < -0.3 is 9.15 Å². The van der Waals surface area contributed by atoms with Crippen LogP contribution in [-0.4, -0.2) is 12.6 Å². The highest BCUT2D eigenvalue weighted by Crippen LogP contribution is 2.18. The predicted molar refractivity (Wildman–Crippen MR) is 54.8 cm³/mol. The highest BCUT2D eigenvalue weighted by molar-refractivity contribution is 5.93. The third kappa shape index (κ3) is 1.93. The monoisotopic (exact) mass is 192 g/mol. The van der Waals surface area contributed by atoms with E-state index in [1.165, 1.54) is 12.2 Å². The summed E-state index contributed by atoms with van der Waals surface area (Å²) in [5, 5.41) is 0. The summed E-state index contributed by atoms with van der Waals surface area (Å²) in [6.45, 7) is 9.18. The Morgan fingerprint density at radius 3 is 2.79 bits per heavy atom. The summed E-state index contributed by atoms with van der Waals surface area (Å²) in [6, 6.07) is 1.59. The molecule has 0 saturated heterocycles. The van der Waals surface area contributed by atoms with Crippen LogP contribution in [0.15, 0.2) is 23.6 Å². The van der Waals surface area contributed by atoms with E-state index < -0.39 is 5.97 Å². The zero-order valence-electron chi connectivity index (χ0n) is 8.08. The second-order valence-corrected chi connectivity index (χ2v) is 2.56. The first-order valence-corrected chi connectivity index (χ1v) is 4.28. The molecular weight excluding hydrogens is 180 g/mol. The van der Waals surface area contributed by atoms with Crippen LogP contribution in [0.5, 0.6) is 0 Å². The van der Waals surface area contributed by atoms with E-state index in [-0.39, 0.29) is 0 Å². The van der Waals surface area contributed by atoms with Gasteiger partial charge in [-0.1, -0.05) is 13.2 Å². The van der Waals surface area contributed by atoms with Gasteiger partial charge in [0, 0.05) is 0 Å². The van der Waals surface area contributed by atoms with Crippen molar-refractivity contribution in [1.29, 1.82) is 0 Å². The lowest BCUT2D eigenvalue weighted by Gasteiger charge is -1.98. The molecule has 3 nitrogen and oxygen atoms in total. The largest absolute Gasteiger partial charge is 0.462 e. The molecule has 0 spiro atoms. The molecule has 0 aliphatic rings. The number of hydrogen-bond acceptors (Lipinski definition) is 3. The SMILES string of the molecule is C=Cc1cc(C(=O)OCC)c(C=C)o1. The van der Waals surface area contributed by atoms with Crippen LogP contribution in [0.2, 0.25) is 0 Å². The highest BCUT2D eigenvalue weighted by atomic mass is 16.5. The van der Waals surface area contributed by atoms with Gasteiger partial charge in [0.05, 0.1) is 6.61 Å². The molecule has 0 atom stereocenters. The van der Waals surface area contributed by atoms with E-state index in [1.54, 1.807) is 13.0 Å². The first kappa shape index (κ1) is 10.3. The van der Waals surface area contributed by atoms with E-state index >= 15 is 0 Å². The molecule has 0 amide bonds.